The molecule has 0 heterocycles. The van der Waals surface area contributed by atoms with Gasteiger partial charge in [-0.3, -0.25) is 0 Å². The Morgan fingerprint density at radius 3 is 2.30 bits per heavy atom. The van der Waals surface area contributed by atoms with Crippen molar-refractivity contribution in [1.29, 1.82) is 0 Å². The summed E-state index contributed by atoms with van der Waals surface area (Å²) in [6, 6.07) is 0. The van der Waals surface area contributed by atoms with E-state index in [1.165, 1.54) is 24.8 Å². The van der Waals surface area contributed by atoms with Crippen molar-refractivity contribution in [2.45, 2.75) is 32.1 Å². The smallest absolute Gasteiger partial charge is 0.431 e. The molecular formula is C8H11ORb. The zero-order valence-corrected chi connectivity index (χ0v) is 11.4. The minimum absolute atomic E-state index is 0. The van der Waals surface area contributed by atoms with Crippen molar-refractivity contribution >= 4 is 6.29 Å². The van der Waals surface area contributed by atoms with Gasteiger partial charge < -0.3 is 10.9 Å². The van der Waals surface area contributed by atoms with Crippen LogP contribution in [0.25, 0.3) is 0 Å². The van der Waals surface area contributed by atoms with Gasteiger partial charge >= 0.3 is 58.2 Å². The van der Waals surface area contributed by atoms with E-state index in [9.17, 15) is 4.79 Å². The first-order chi connectivity index (χ1) is 4.43. The molecule has 1 aliphatic rings. The minimum atomic E-state index is 0. The zero-order valence-electron chi connectivity index (χ0n) is 6.52. The van der Waals surface area contributed by atoms with Gasteiger partial charge in [0.25, 0.3) is 0 Å². The fourth-order valence-electron chi connectivity index (χ4n) is 1.21. The Morgan fingerprint density at radius 2 is 1.80 bits per heavy atom. The van der Waals surface area contributed by atoms with Gasteiger partial charge in [-0.25, -0.2) is 5.57 Å². The van der Waals surface area contributed by atoms with E-state index >= 15 is 0 Å². The third kappa shape index (κ3) is 4.17. The van der Waals surface area contributed by atoms with Gasteiger partial charge in [0.1, 0.15) is 0 Å². The molecule has 1 fully saturated rings. The van der Waals surface area contributed by atoms with E-state index in [1.54, 1.807) is 0 Å². The van der Waals surface area contributed by atoms with Crippen molar-refractivity contribution in [1.82, 2.24) is 0 Å². The van der Waals surface area contributed by atoms with Crippen molar-refractivity contribution in [3.63, 3.8) is 0 Å². The first kappa shape index (κ1) is 11.2. The Balaban J connectivity index is 0.000000810. The van der Waals surface area contributed by atoms with Gasteiger partial charge in [0.05, 0.1) is 0 Å². The molecule has 0 aromatic carbocycles. The molecule has 0 aliphatic heterocycles. The molecule has 0 aromatic rings. The average Bonchev–Trinajstić information content (AvgIpc) is 1.91. The van der Waals surface area contributed by atoms with Gasteiger partial charge in [-0.2, -0.15) is 0 Å². The fourth-order valence-corrected chi connectivity index (χ4v) is 1.21. The summed E-state index contributed by atoms with van der Waals surface area (Å²) in [6.45, 7) is 0. The van der Waals surface area contributed by atoms with Crippen LogP contribution in [-0.2, 0) is 4.79 Å². The van der Waals surface area contributed by atoms with Crippen LogP contribution in [0.4, 0.5) is 0 Å². The number of rotatable bonds is 1. The van der Waals surface area contributed by atoms with E-state index in [4.69, 9.17) is 0 Å². The van der Waals surface area contributed by atoms with Crippen LogP contribution in [0.1, 0.15) is 32.1 Å². The van der Waals surface area contributed by atoms with E-state index in [0.717, 1.165) is 19.1 Å². The summed E-state index contributed by atoms with van der Waals surface area (Å²) in [5.74, 6) is 0. The summed E-state index contributed by atoms with van der Waals surface area (Å²) in [4.78, 5) is 9.94. The summed E-state index contributed by atoms with van der Waals surface area (Å²) in [5, 5.41) is 0. The molecule has 1 nitrogen and oxygen atoms in total. The van der Waals surface area contributed by atoms with Gasteiger partial charge in [-0.05, 0) is 6.29 Å². The normalized spacial score (nSPS) is 17.4. The Kier molecular flexibility index (Phi) is 7.73. The third-order valence-electron chi connectivity index (χ3n) is 1.72. The molecule has 0 unspecified atom stereocenters. The number of carbonyl (C=O) groups is 1. The van der Waals surface area contributed by atoms with Crippen LogP contribution < -0.4 is 58.2 Å². The molecule has 2 heteroatoms. The van der Waals surface area contributed by atoms with Crippen LogP contribution in [0.5, 0.6) is 0 Å². The molecule has 10 heavy (non-hydrogen) atoms. The number of carbonyl (C=O) groups excluding carboxylic acids is 1. The topological polar surface area (TPSA) is 17.1 Å². The Morgan fingerprint density at radius 1 is 1.20 bits per heavy atom. The quantitative estimate of drug-likeness (QED) is 0.303. The molecule has 0 saturated heterocycles. The van der Waals surface area contributed by atoms with Gasteiger partial charge in [0, 0.05) is 0 Å². The van der Waals surface area contributed by atoms with Crippen LogP contribution in [-0.4, -0.2) is 6.29 Å². The van der Waals surface area contributed by atoms with Crippen molar-refractivity contribution < 1.29 is 63.0 Å². The second kappa shape index (κ2) is 6.90. The van der Waals surface area contributed by atoms with Crippen LogP contribution in [0, 0.1) is 6.08 Å². The first-order valence-electron chi connectivity index (χ1n) is 3.48. The van der Waals surface area contributed by atoms with Gasteiger partial charge in [0.15, 0.2) is 0 Å². The zero-order chi connectivity index (χ0) is 6.53. The molecule has 0 radical (unpaired) electrons. The molecule has 0 bridgehead atoms. The molecular weight excluding hydrogens is 198 g/mol. The number of aldehydes is 1. The van der Waals surface area contributed by atoms with Crippen molar-refractivity contribution in [3.8, 4) is 0 Å². The maximum Gasteiger partial charge on any atom is 1.00 e. The Bertz CT molecular complexity index is 121. The second-order valence-corrected chi connectivity index (χ2v) is 2.43. The van der Waals surface area contributed by atoms with Gasteiger partial charge in [-0.15, -0.1) is 0 Å². The summed E-state index contributed by atoms with van der Waals surface area (Å²) >= 11 is 0. The Labute approximate surface area is 111 Å². The fraction of sp³-hybridized carbons (Fsp3) is 0.625. The van der Waals surface area contributed by atoms with Gasteiger partial charge in [-0.1, -0.05) is 32.1 Å². The van der Waals surface area contributed by atoms with Crippen LogP contribution >= 0.6 is 0 Å². The van der Waals surface area contributed by atoms with E-state index in [1.807, 2.05) is 0 Å². The van der Waals surface area contributed by atoms with Crippen molar-refractivity contribution in [2.75, 3.05) is 0 Å². The average molecular weight is 209 g/mol. The molecule has 0 aromatic heterocycles. The minimum Gasteiger partial charge on any atom is -0.431 e. The molecule has 1 saturated carbocycles. The van der Waals surface area contributed by atoms with E-state index < -0.39 is 0 Å². The summed E-state index contributed by atoms with van der Waals surface area (Å²) in [6.07, 6.45) is 9.51. The molecule has 0 spiro atoms. The summed E-state index contributed by atoms with van der Waals surface area (Å²) in [5.41, 5.74) is 1.22. The van der Waals surface area contributed by atoms with E-state index in [0.29, 0.717) is 0 Å². The third-order valence-corrected chi connectivity index (χ3v) is 1.72. The molecule has 0 amide bonds. The van der Waals surface area contributed by atoms with Crippen LogP contribution in [0.3, 0.4) is 0 Å². The van der Waals surface area contributed by atoms with E-state index in [2.05, 4.69) is 6.08 Å². The molecule has 50 valence electrons. The molecule has 0 N–H and O–H groups in total. The largest absolute Gasteiger partial charge is 1.00 e. The standard InChI is InChI=1S/C8H11O.Rb/c9-7-6-8-4-2-1-3-5-8;/h7H,1-5H2;/q-1;+1. The monoisotopic (exact) mass is 208 g/mol. The number of allylic oxidation sites excluding steroid dienone is 2. The molecule has 1 aliphatic carbocycles. The number of hydrogen-bond acceptors (Lipinski definition) is 1. The number of hydrogen-bond donors (Lipinski definition) is 0. The first-order valence-corrected chi connectivity index (χ1v) is 3.48. The molecule has 1 rings (SSSR count). The second-order valence-electron chi connectivity index (χ2n) is 2.43. The SMILES string of the molecule is O=C[C-]=C1CCCCC1.[Rb+]. The maximum atomic E-state index is 9.94. The predicted octanol–water partition coefficient (Wildman–Crippen LogP) is -1.12. The maximum absolute atomic E-state index is 9.94. The van der Waals surface area contributed by atoms with Crippen molar-refractivity contribution in [2.24, 2.45) is 0 Å². The predicted molar refractivity (Wildman–Crippen MR) is 35.9 cm³/mol. The Hall–Kier alpha value is 1.22. The summed E-state index contributed by atoms with van der Waals surface area (Å²) < 4.78 is 0. The van der Waals surface area contributed by atoms with Gasteiger partial charge in [0.2, 0.25) is 0 Å². The van der Waals surface area contributed by atoms with E-state index in [-0.39, 0.29) is 58.2 Å². The van der Waals surface area contributed by atoms with Crippen molar-refractivity contribution in [3.05, 3.63) is 11.6 Å². The summed E-state index contributed by atoms with van der Waals surface area (Å²) in [7, 11) is 0. The molecule has 0 atom stereocenters. The van der Waals surface area contributed by atoms with Crippen LogP contribution in [0.15, 0.2) is 5.57 Å². The van der Waals surface area contributed by atoms with Crippen LogP contribution in [0.2, 0.25) is 0 Å².